The van der Waals surface area contributed by atoms with Crippen molar-refractivity contribution in [2.45, 2.75) is 5.60 Å². The molecule has 0 bridgehead atoms. The number of ether oxygens (including phenoxy) is 2. The van der Waals surface area contributed by atoms with Gasteiger partial charge in [-0.3, -0.25) is 0 Å². The predicted octanol–water partition coefficient (Wildman–Crippen LogP) is 6.32. The van der Waals surface area contributed by atoms with Gasteiger partial charge in [0, 0.05) is 31.2 Å². The third-order valence-electron chi connectivity index (χ3n) is 4.69. The molecule has 3 nitrogen and oxygen atoms in total. The molecular formula is C20H9BrCl2O3. The van der Waals surface area contributed by atoms with Crippen LogP contribution in [0.4, 0.5) is 0 Å². The van der Waals surface area contributed by atoms with Crippen LogP contribution in [0.25, 0.3) is 0 Å². The topological polar surface area (TPSA) is 35.5 Å². The number of rotatable bonds is 0. The summed E-state index contributed by atoms with van der Waals surface area (Å²) >= 11 is 15.7. The third kappa shape index (κ3) is 2.10. The molecule has 0 unspecified atom stereocenters. The van der Waals surface area contributed by atoms with Gasteiger partial charge in [-0.2, -0.15) is 0 Å². The highest BCUT2D eigenvalue weighted by atomic mass is 79.9. The zero-order valence-corrected chi connectivity index (χ0v) is 16.2. The molecule has 0 N–H and O–H groups in total. The van der Waals surface area contributed by atoms with E-state index in [0.29, 0.717) is 27.1 Å². The Balaban J connectivity index is 1.90. The molecule has 0 fully saturated rings. The van der Waals surface area contributed by atoms with Crippen LogP contribution in [-0.4, -0.2) is 5.97 Å². The first-order chi connectivity index (χ1) is 12.5. The molecule has 3 aromatic carbocycles. The molecule has 2 aliphatic rings. The van der Waals surface area contributed by atoms with E-state index in [0.717, 1.165) is 21.2 Å². The number of hydrogen-bond donors (Lipinski definition) is 0. The maximum atomic E-state index is 12.7. The van der Waals surface area contributed by atoms with Gasteiger partial charge in [0.1, 0.15) is 11.5 Å². The number of carbonyl (C=O) groups excluding carboxylic acids is 1. The summed E-state index contributed by atoms with van der Waals surface area (Å²) in [6.45, 7) is 0. The lowest BCUT2D eigenvalue weighted by molar-refractivity contribution is 0.0224. The average molecular weight is 448 g/mol. The van der Waals surface area contributed by atoms with Gasteiger partial charge in [-0.1, -0.05) is 45.2 Å². The summed E-state index contributed by atoms with van der Waals surface area (Å²) in [7, 11) is 0. The van der Waals surface area contributed by atoms with Crippen molar-refractivity contribution in [3.8, 4) is 11.5 Å². The lowest BCUT2D eigenvalue weighted by Gasteiger charge is -2.36. The van der Waals surface area contributed by atoms with Gasteiger partial charge >= 0.3 is 5.97 Å². The molecule has 26 heavy (non-hydrogen) atoms. The van der Waals surface area contributed by atoms with Crippen molar-refractivity contribution in [3.05, 3.63) is 91.4 Å². The van der Waals surface area contributed by atoms with Crippen LogP contribution in [0.5, 0.6) is 11.5 Å². The fourth-order valence-electron chi connectivity index (χ4n) is 3.65. The van der Waals surface area contributed by atoms with E-state index in [4.69, 9.17) is 32.7 Å². The highest BCUT2D eigenvalue weighted by molar-refractivity contribution is 9.10. The maximum absolute atomic E-state index is 12.7. The summed E-state index contributed by atoms with van der Waals surface area (Å²) in [4.78, 5) is 12.7. The largest absolute Gasteiger partial charge is 0.456 e. The van der Waals surface area contributed by atoms with Gasteiger partial charge in [0.2, 0.25) is 0 Å². The van der Waals surface area contributed by atoms with Gasteiger partial charge in [-0.15, -0.1) is 0 Å². The smallest absolute Gasteiger partial charge is 0.340 e. The number of halogens is 3. The monoisotopic (exact) mass is 446 g/mol. The van der Waals surface area contributed by atoms with Crippen molar-refractivity contribution in [1.29, 1.82) is 0 Å². The van der Waals surface area contributed by atoms with Gasteiger partial charge in [0.15, 0.2) is 5.60 Å². The Morgan fingerprint density at radius 3 is 2.00 bits per heavy atom. The second-order valence-corrected chi connectivity index (χ2v) is 7.93. The summed E-state index contributed by atoms with van der Waals surface area (Å²) in [5.74, 6) is 0.691. The first-order valence-electron chi connectivity index (χ1n) is 7.80. The fraction of sp³-hybridized carbons (Fsp3) is 0.0500. The minimum atomic E-state index is -1.09. The van der Waals surface area contributed by atoms with Crippen LogP contribution in [0.2, 0.25) is 10.0 Å². The van der Waals surface area contributed by atoms with E-state index in [1.807, 2.05) is 24.3 Å². The molecule has 0 saturated carbocycles. The molecule has 0 aliphatic carbocycles. The van der Waals surface area contributed by atoms with Crippen molar-refractivity contribution in [2.75, 3.05) is 0 Å². The number of fused-ring (bicyclic) bond motifs is 6. The molecule has 3 aromatic rings. The number of esters is 1. The number of benzene rings is 3. The normalized spacial score (nSPS) is 15.7. The van der Waals surface area contributed by atoms with Gasteiger partial charge in [0.25, 0.3) is 0 Å². The molecule has 128 valence electrons. The molecule has 1 spiro atoms. The number of carbonyl (C=O) groups is 1. The van der Waals surface area contributed by atoms with Crippen molar-refractivity contribution in [2.24, 2.45) is 0 Å². The standard InChI is InChI=1S/C20H9BrCl2O3/c21-10-1-4-14-13(7-10)19(24)26-20(14)15-5-2-11(22)8-17(15)25-18-9-12(23)3-6-16(18)20/h1-9H. The molecular weight excluding hydrogens is 439 g/mol. The lowest BCUT2D eigenvalue weighted by Crippen LogP contribution is -2.32. The summed E-state index contributed by atoms with van der Waals surface area (Å²) in [6.07, 6.45) is 0. The van der Waals surface area contributed by atoms with Crippen LogP contribution < -0.4 is 4.74 Å². The average Bonchev–Trinajstić information content (AvgIpc) is 2.87. The van der Waals surface area contributed by atoms with Crippen molar-refractivity contribution in [3.63, 3.8) is 0 Å². The Kier molecular flexibility index (Phi) is 3.42. The third-order valence-corrected chi connectivity index (χ3v) is 5.66. The van der Waals surface area contributed by atoms with Crippen molar-refractivity contribution < 1.29 is 14.3 Å². The van der Waals surface area contributed by atoms with Crippen LogP contribution >= 0.6 is 39.1 Å². The molecule has 0 atom stereocenters. The highest BCUT2D eigenvalue weighted by Gasteiger charge is 2.53. The van der Waals surface area contributed by atoms with Crippen molar-refractivity contribution in [1.82, 2.24) is 0 Å². The fourth-order valence-corrected chi connectivity index (χ4v) is 4.33. The lowest BCUT2D eigenvalue weighted by atomic mass is 9.78. The van der Waals surface area contributed by atoms with E-state index in [2.05, 4.69) is 15.9 Å². The van der Waals surface area contributed by atoms with Gasteiger partial charge in [0.05, 0.1) is 5.56 Å². The predicted molar refractivity (Wildman–Crippen MR) is 102 cm³/mol. The SMILES string of the molecule is O=C1OC2(c3ccc(Cl)cc3Oc3cc(Cl)ccc32)c2ccc(Br)cc21. The van der Waals surface area contributed by atoms with E-state index in [1.54, 1.807) is 30.3 Å². The molecule has 5 rings (SSSR count). The van der Waals surface area contributed by atoms with Gasteiger partial charge in [-0.25, -0.2) is 4.79 Å². The van der Waals surface area contributed by atoms with Crippen LogP contribution in [-0.2, 0) is 10.3 Å². The maximum Gasteiger partial charge on any atom is 0.340 e. The Morgan fingerprint density at radius 1 is 0.808 bits per heavy atom. The Morgan fingerprint density at radius 2 is 1.38 bits per heavy atom. The van der Waals surface area contributed by atoms with E-state index < -0.39 is 5.60 Å². The second-order valence-electron chi connectivity index (χ2n) is 6.14. The summed E-state index contributed by atoms with van der Waals surface area (Å²) in [5, 5.41) is 1.06. The molecule has 0 saturated heterocycles. The van der Waals surface area contributed by atoms with E-state index >= 15 is 0 Å². The summed E-state index contributed by atoms with van der Waals surface area (Å²) < 4.78 is 12.9. The molecule has 0 radical (unpaired) electrons. The van der Waals surface area contributed by atoms with E-state index in [9.17, 15) is 4.79 Å². The Labute approximate surface area is 167 Å². The Hall–Kier alpha value is -2.01. The summed E-state index contributed by atoms with van der Waals surface area (Å²) in [6, 6.07) is 16.2. The van der Waals surface area contributed by atoms with Crippen LogP contribution in [0.3, 0.4) is 0 Å². The first-order valence-corrected chi connectivity index (χ1v) is 9.35. The zero-order valence-electron chi connectivity index (χ0n) is 13.1. The van der Waals surface area contributed by atoms with Gasteiger partial charge in [-0.05, 0) is 48.5 Å². The molecule has 0 amide bonds. The summed E-state index contributed by atoms with van der Waals surface area (Å²) in [5.41, 5.74) is 1.65. The van der Waals surface area contributed by atoms with E-state index in [-0.39, 0.29) is 5.97 Å². The Bertz CT molecular complexity index is 1060. The van der Waals surface area contributed by atoms with Crippen molar-refractivity contribution >= 4 is 45.1 Å². The van der Waals surface area contributed by atoms with Gasteiger partial charge < -0.3 is 9.47 Å². The van der Waals surface area contributed by atoms with E-state index in [1.165, 1.54) is 0 Å². The highest BCUT2D eigenvalue weighted by Crippen LogP contribution is 2.56. The van der Waals surface area contributed by atoms with Crippen LogP contribution in [0.15, 0.2) is 59.1 Å². The quantitative estimate of drug-likeness (QED) is 0.378. The number of hydrogen-bond acceptors (Lipinski definition) is 3. The van der Waals surface area contributed by atoms with Crippen LogP contribution in [0.1, 0.15) is 27.0 Å². The first kappa shape index (κ1) is 16.2. The zero-order chi connectivity index (χ0) is 18.1. The minimum absolute atomic E-state index is 0.384. The second kappa shape index (κ2) is 5.49. The molecule has 2 aliphatic heterocycles. The molecule has 2 heterocycles. The molecule has 0 aromatic heterocycles. The van der Waals surface area contributed by atoms with Crippen LogP contribution in [0, 0.1) is 0 Å². The minimum Gasteiger partial charge on any atom is -0.456 e. The molecule has 6 heteroatoms.